The number of benzene rings is 2. The Morgan fingerprint density at radius 3 is 2.66 bits per heavy atom. The molecule has 1 saturated heterocycles. The van der Waals surface area contributed by atoms with Crippen molar-refractivity contribution in [3.63, 3.8) is 0 Å². The Kier molecular flexibility index (Phi) is 8.01. The number of carbonyl (C=O) groups excluding carboxylic acids is 1. The molecule has 0 radical (unpaired) electrons. The molecule has 1 fully saturated rings. The number of aromatic nitrogens is 1. The molecule has 3 N–H and O–H groups in total. The molecule has 1 aromatic heterocycles. The van der Waals surface area contributed by atoms with Crippen LogP contribution in [0.4, 0.5) is 10.5 Å². The minimum atomic E-state index is -0.153. The van der Waals surface area contributed by atoms with Gasteiger partial charge in [-0.3, -0.25) is 9.88 Å². The summed E-state index contributed by atoms with van der Waals surface area (Å²) in [7, 11) is 0. The van der Waals surface area contributed by atoms with Crippen LogP contribution in [0.15, 0.2) is 60.8 Å². The number of carbonyl (C=O) groups is 1. The van der Waals surface area contributed by atoms with Gasteiger partial charge >= 0.3 is 6.03 Å². The topological polar surface area (TPSA) is 105 Å². The van der Waals surface area contributed by atoms with Crippen molar-refractivity contribution in [1.82, 2.24) is 20.1 Å². The molecule has 1 unspecified atom stereocenters. The van der Waals surface area contributed by atoms with Gasteiger partial charge < -0.3 is 20.6 Å². The van der Waals surface area contributed by atoms with Gasteiger partial charge in [-0.05, 0) is 70.8 Å². The number of pyridine rings is 1. The van der Waals surface area contributed by atoms with Gasteiger partial charge in [0.1, 0.15) is 0 Å². The fourth-order valence-electron chi connectivity index (χ4n) is 5.07. The second-order valence-corrected chi connectivity index (χ2v) is 9.76. The maximum absolute atomic E-state index is 12.9. The third kappa shape index (κ3) is 5.57. The minimum absolute atomic E-state index is 0.0689. The summed E-state index contributed by atoms with van der Waals surface area (Å²) >= 11 is 6.45. The number of anilines is 1. The van der Waals surface area contributed by atoms with Crippen LogP contribution in [0.3, 0.4) is 0 Å². The molecule has 1 atom stereocenters. The summed E-state index contributed by atoms with van der Waals surface area (Å²) in [5, 5.41) is 25.1. The lowest BCUT2D eigenvalue weighted by Crippen LogP contribution is -2.51. The number of aliphatic hydroxyl groups excluding tert-OH is 1. The van der Waals surface area contributed by atoms with Crippen molar-refractivity contribution in [3.05, 3.63) is 93.8 Å². The molecule has 9 heteroatoms. The number of halogens is 1. The number of fused-ring (bicyclic) bond motifs is 2. The number of hydrogen-bond acceptors (Lipinski definition) is 6. The van der Waals surface area contributed by atoms with E-state index in [1.807, 2.05) is 29.3 Å². The van der Waals surface area contributed by atoms with E-state index in [0.717, 1.165) is 28.0 Å². The molecular formula is C29H29ClN6O2. The van der Waals surface area contributed by atoms with Crippen molar-refractivity contribution >= 4 is 35.0 Å². The van der Waals surface area contributed by atoms with E-state index >= 15 is 0 Å². The average Bonchev–Trinajstić information content (AvgIpc) is 3.08. The number of hydrogen-bond donors (Lipinski definition) is 3. The number of nitrogens with one attached hydrogen (secondary N) is 2. The predicted octanol–water partition coefficient (Wildman–Crippen LogP) is 3.98. The maximum atomic E-state index is 12.9. The molecule has 2 heterocycles. The zero-order chi connectivity index (χ0) is 26.5. The van der Waals surface area contributed by atoms with Gasteiger partial charge in [-0.1, -0.05) is 23.7 Å². The van der Waals surface area contributed by atoms with E-state index < -0.39 is 0 Å². The Morgan fingerprint density at radius 1 is 1.13 bits per heavy atom. The second-order valence-electron chi connectivity index (χ2n) is 9.32. The van der Waals surface area contributed by atoms with Crippen LogP contribution in [0.25, 0.3) is 11.6 Å². The van der Waals surface area contributed by atoms with E-state index in [-0.39, 0.29) is 18.7 Å². The normalized spacial score (nSPS) is 17.0. The van der Waals surface area contributed by atoms with Gasteiger partial charge in [0.15, 0.2) is 0 Å². The first kappa shape index (κ1) is 25.9. The number of urea groups is 1. The third-order valence-corrected chi connectivity index (χ3v) is 7.19. The molecule has 1 aliphatic heterocycles. The van der Waals surface area contributed by atoms with Crippen molar-refractivity contribution in [2.45, 2.75) is 6.04 Å². The maximum Gasteiger partial charge on any atom is 0.321 e. The first-order valence-electron chi connectivity index (χ1n) is 12.6. The SMILES string of the molecule is N#Cc1ccc(NC(=O)N2CCN(C3c4ccc(Cl)cc4C(CNCCO)=Cc4cccnc43)CC2)cc1. The average molecular weight is 529 g/mol. The predicted molar refractivity (Wildman–Crippen MR) is 149 cm³/mol. The molecule has 0 saturated carbocycles. The summed E-state index contributed by atoms with van der Waals surface area (Å²) in [6, 6.07) is 18.7. The van der Waals surface area contributed by atoms with Crippen LogP contribution in [0.5, 0.6) is 0 Å². The zero-order valence-corrected chi connectivity index (χ0v) is 21.7. The summed E-state index contributed by atoms with van der Waals surface area (Å²) in [5.74, 6) is 0. The molecule has 5 rings (SSSR count). The molecule has 8 nitrogen and oxygen atoms in total. The molecule has 194 valence electrons. The van der Waals surface area contributed by atoms with E-state index in [1.54, 1.807) is 24.3 Å². The van der Waals surface area contributed by atoms with E-state index in [0.29, 0.717) is 55.5 Å². The standard InChI is InChI=1S/C29H29ClN6O2/c30-23-5-8-25-26(17-23)22(19-32-10-15-37)16-21-2-1-9-33-27(21)28(25)35-11-13-36(14-12-35)29(38)34-24-6-3-20(18-31)4-7-24/h1-9,16-17,28,32,37H,10-15,19H2,(H,34,38). The highest BCUT2D eigenvalue weighted by atomic mass is 35.5. The number of nitrogens with zero attached hydrogens (tertiary/aromatic N) is 4. The van der Waals surface area contributed by atoms with Gasteiger partial charge in [0.05, 0.1) is 30.0 Å². The van der Waals surface area contributed by atoms with Crippen LogP contribution in [0.2, 0.25) is 5.02 Å². The van der Waals surface area contributed by atoms with Crippen molar-refractivity contribution in [2.75, 3.05) is 51.2 Å². The van der Waals surface area contributed by atoms with Crippen LogP contribution >= 0.6 is 11.6 Å². The van der Waals surface area contributed by atoms with Crippen LogP contribution in [-0.2, 0) is 0 Å². The van der Waals surface area contributed by atoms with E-state index in [4.69, 9.17) is 21.8 Å². The molecule has 2 aliphatic rings. The fraction of sp³-hybridized carbons (Fsp3) is 0.276. The summed E-state index contributed by atoms with van der Waals surface area (Å²) in [6.45, 7) is 3.67. The highest BCUT2D eigenvalue weighted by Gasteiger charge is 2.33. The first-order valence-corrected chi connectivity index (χ1v) is 13.0. The number of rotatable bonds is 6. The number of amides is 2. The molecule has 3 aromatic rings. The molecule has 2 aromatic carbocycles. The lowest BCUT2D eigenvalue weighted by molar-refractivity contribution is 0.125. The first-order chi connectivity index (χ1) is 18.6. The molecule has 0 bridgehead atoms. The third-order valence-electron chi connectivity index (χ3n) is 6.95. The van der Waals surface area contributed by atoms with E-state index in [1.165, 1.54) is 0 Å². The summed E-state index contributed by atoms with van der Waals surface area (Å²) in [4.78, 5) is 21.9. The molecular weight excluding hydrogens is 500 g/mol. The number of aliphatic hydroxyl groups is 1. The molecule has 0 spiro atoms. The Morgan fingerprint density at radius 2 is 1.92 bits per heavy atom. The lowest BCUT2D eigenvalue weighted by atomic mass is 9.93. The minimum Gasteiger partial charge on any atom is -0.395 e. The van der Waals surface area contributed by atoms with Crippen molar-refractivity contribution in [2.24, 2.45) is 0 Å². The van der Waals surface area contributed by atoms with Crippen LogP contribution in [0, 0.1) is 11.3 Å². The Balaban J connectivity index is 1.38. The van der Waals surface area contributed by atoms with Crippen LogP contribution in [0.1, 0.15) is 34.0 Å². The highest BCUT2D eigenvalue weighted by Crippen LogP contribution is 2.40. The smallest absolute Gasteiger partial charge is 0.321 e. The quantitative estimate of drug-likeness (QED) is 0.418. The lowest BCUT2D eigenvalue weighted by Gasteiger charge is -2.39. The van der Waals surface area contributed by atoms with Crippen LogP contribution < -0.4 is 10.6 Å². The summed E-state index contributed by atoms with van der Waals surface area (Å²) in [6.07, 6.45) is 3.98. The molecule has 1 aliphatic carbocycles. The zero-order valence-electron chi connectivity index (χ0n) is 20.9. The highest BCUT2D eigenvalue weighted by molar-refractivity contribution is 6.30. The van der Waals surface area contributed by atoms with Crippen LogP contribution in [-0.4, -0.2) is 71.8 Å². The largest absolute Gasteiger partial charge is 0.395 e. The number of nitriles is 1. The van der Waals surface area contributed by atoms with Gasteiger partial charge in [0, 0.05) is 56.2 Å². The Hall–Kier alpha value is -3.74. The Bertz CT molecular complexity index is 1380. The second kappa shape index (κ2) is 11.8. The van der Waals surface area contributed by atoms with Crippen molar-refractivity contribution in [3.8, 4) is 6.07 Å². The van der Waals surface area contributed by atoms with E-state index in [9.17, 15) is 9.90 Å². The van der Waals surface area contributed by atoms with Crippen molar-refractivity contribution < 1.29 is 9.90 Å². The fourth-order valence-corrected chi connectivity index (χ4v) is 5.24. The summed E-state index contributed by atoms with van der Waals surface area (Å²) < 4.78 is 0. The van der Waals surface area contributed by atoms with Gasteiger partial charge in [0.2, 0.25) is 0 Å². The van der Waals surface area contributed by atoms with Gasteiger partial charge in [-0.15, -0.1) is 0 Å². The Labute approximate surface area is 227 Å². The number of piperazine rings is 1. The molecule has 2 amide bonds. The summed E-state index contributed by atoms with van der Waals surface area (Å²) in [5.41, 5.74) is 6.52. The van der Waals surface area contributed by atoms with Crippen molar-refractivity contribution in [1.29, 1.82) is 5.26 Å². The van der Waals surface area contributed by atoms with Gasteiger partial charge in [-0.2, -0.15) is 5.26 Å². The van der Waals surface area contributed by atoms with E-state index in [2.05, 4.69) is 39.8 Å². The van der Waals surface area contributed by atoms with Gasteiger partial charge in [0.25, 0.3) is 0 Å². The monoisotopic (exact) mass is 528 g/mol. The van der Waals surface area contributed by atoms with Gasteiger partial charge in [-0.25, -0.2) is 4.79 Å². The molecule has 38 heavy (non-hydrogen) atoms.